The zero-order chi connectivity index (χ0) is 21.7. The molecule has 0 saturated heterocycles. The molecule has 0 aliphatic carbocycles. The molecule has 11 heteroatoms. The molecule has 0 spiro atoms. The van der Waals surface area contributed by atoms with Crippen LogP contribution < -0.4 is 10.1 Å². The maximum atomic E-state index is 12.8. The van der Waals surface area contributed by atoms with Crippen molar-refractivity contribution in [1.29, 1.82) is 0 Å². The van der Waals surface area contributed by atoms with Crippen LogP contribution in [0.2, 0.25) is 5.02 Å². The number of rotatable bonds is 7. The van der Waals surface area contributed by atoms with E-state index in [1.165, 1.54) is 12.1 Å². The minimum atomic E-state index is -4.47. The predicted octanol–water partition coefficient (Wildman–Crippen LogP) is 4.80. The molecule has 0 aliphatic rings. The van der Waals surface area contributed by atoms with Crippen molar-refractivity contribution < 1.29 is 22.7 Å². The Morgan fingerprint density at radius 1 is 1.20 bits per heavy atom. The lowest BCUT2D eigenvalue weighted by molar-refractivity contribution is -0.137. The minimum Gasteiger partial charge on any atom is -0.486 e. The van der Waals surface area contributed by atoms with Crippen LogP contribution in [0.4, 0.5) is 18.9 Å². The van der Waals surface area contributed by atoms with E-state index in [0.717, 1.165) is 23.9 Å². The van der Waals surface area contributed by atoms with Crippen molar-refractivity contribution in [2.75, 3.05) is 11.1 Å². The van der Waals surface area contributed by atoms with Crippen molar-refractivity contribution >= 4 is 35.0 Å². The number of nitrogens with zero attached hydrogens (tertiary/aromatic N) is 3. The number of hydrogen-bond acceptors (Lipinski definition) is 5. The molecule has 0 fully saturated rings. The van der Waals surface area contributed by atoms with E-state index in [1.54, 1.807) is 35.9 Å². The molecule has 0 saturated carbocycles. The number of anilines is 1. The molecule has 0 atom stereocenters. The second-order valence-corrected chi connectivity index (χ2v) is 7.49. The number of halogens is 4. The fraction of sp³-hybridized carbons (Fsp3) is 0.211. The smallest absolute Gasteiger partial charge is 0.416 e. The highest BCUT2D eigenvalue weighted by atomic mass is 35.5. The van der Waals surface area contributed by atoms with Crippen LogP contribution in [0, 0.1) is 0 Å². The molecule has 0 aliphatic heterocycles. The lowest BCUT2D eigenvalue weighted by Gasteiger charge is -2.10. The van der Waals surface area contributed by atoms with Crippen molar-refractivity contribution in [1.82, 2.24) is 14.8 Å². The third kappa shape index (κ3) is 5.90. The first kappa shape index (κ1) is 22.0. The standard InChI is InChI=1S/C19H16ClF3N4O2S/c1-27-16(10-29-15-7-5-13(20)6-8-15)25-26-18(27)30-11-17(28)24-14-4-2-3-12(9-14)19(21,22)23/h2-9H,10-11H2,1H3,(H,24,28). The van der Waals surface area contributed by atoms with Crippen LogP contribution in [0.15, 0.2) is 53.7 Å². The summed E-state index contributed by atoms with van der Waals surface area (Å²) >= 11 is 6.94. The molecule has 1 amide bonds. The number of nitrogens with one attached hydrogen (secondary N) is 1. The van der Waals surface area contributed by atoms with Crippen molar-refractivity contribution in [2.45, 2.75) is 17.9 Å². The molecular formula is C19H16ClF3N4O2S. The van der Waals surface area contributed by atoms with Gasteiger partial charge in [0.25, 0.3) is 0 Å². The zero-order valence-corrected chi connectivity index (χ0v) is 17.2. The normalized spacial score (nSPS) is 11.4. The third-order valence-electron chi connectivity index (χ3n) is 3.91. The van der Waals surface area contributed by atoms with Crippen molar-refractivity contribution in [3.63, 3.8) is 0 Å². The van der Waals surface area contributed by atoms with Gasteiger partial charge >= 0.3 is 6.18 Å². The molecule has 1 aromatic heterocycles. The number of benzene rings is 2. The fourth-order valence-electron chi connectivity index (χ4n) is 2.38. The van der Waals surface area contributed by atoms with Crippen LogP contribution in [-0.4, -0.2) is 26.4 Å². The number of amides is 1. The van der Waals surface area contributed by atoms with Crippen molar-refractivity contribution in [3.8, 4) is 5.75 Å². The Labute approximate surface area is 179 Å². The second kappa shape index (κ2) is 9.40. The number of ether oxygens (including phenoxy) is 1. The van der Waals surface area contributed by atoms with E-state index >= 15 is 0 Å². The van der Waals surface area contributed by atoms with Crippen molar-refractivity contribution in [2.24, 2.45) is 7.05 Å². The van der Waals surface area contributed by atoms with E-state index in [1.807, 2.05) is 0 Å². The molecule has 1 N–H and O–H groups in total. The fourth-order valence-corrected chi connectivity index (χ4v) is 3.23. The monoisotopic (exact) mass is 456 g/mol. The number of alkyl halides is 3. The molecular weight excluding hydrogens is 441 g/mol. The van der Waals surface area contributed by atoms with Crippen LogP contribution in [0.1, 0.15) is 11.4 Å². The first-order chi connectivity index (χ1) is 14.2. The Hall–Kier alpha value is -2.72. The van der Waals surface area contributed by atoms with E-state index < -0.39 is 17.6 Å². The average Bonchev–Trinajstić information content (AvgIpc) is 3.05. The molecule has 3 rings (SSSR count). The second-order valence-electron chi connectivity index (χ2n) is 6.12. The molecule has 30 heavy (non-hydrogen) atoms. The van der Waals surface area contributed by atoms with E-state index in [4.69, 9.17) is 16.3 Å². The zero-order valence-electron chi connectivity index (χ0n) is 15.6. The molecule has 0 radical (unpaired) electrons. The quantitative estimate of drug-likeness (QED) is 0.517. The van der Waals surface area contributed by atoms with Gasteiger partial charge in [0.2, 0.25) is 5.91 Å². The Kier molecular flexibility index (Phi) is 6.88. The molecule has 158 valence electrons. The van der Waals surface area contributed by atoms with Gasteiger partial charge in [-0.1, -0.05) is 29.4 Å². The van der Waals surface area contributed by atoms with Crippen LogP contribution in [0.25, 0.3) is 0 Å². The van der Waals surface area contributed by atoms with Gasteiger partial charge in [-0.2, -0.15) is 13.2 Å². The lowest BCUT2D eigenvalue weighted by atomic mass is 10.2. The first-order valence-corrected chi connectivity index (χ1v) is 9.95. The maximum Gasteiger partial charge on any atom is 0.416 e. The van der Waals surface area contributed by atoms with Gasteiger partial charge in [-0.05, 0) is 42.5 Å². The highest BCUT2D eigenvalue weighted by Gasteiger charge is 2.30. The van der Waals surface area contributed by atoms with Crippen molar-refractivity contribution in [3.05, 3.63) is 64.9 Å². The number of carbonyl (C=O) groups excluding carboxylic acids is 1. The summed E-state index contributed by atoms with van der Waals surface area (Å²) in [6, 6.07) is 11.3. The summed E-state index contributed by atoms with van der Waals surface area (Å²) in [5.74, 6) is 0.671. The summed E-state index contributed by atoms with van der Waals surface area (Å²) in [6.45, 7) is 0.169. The first-order valence-electron chi connectivity index (χ1n) is 8.59. The Morgan fingerprint density at radius 2 is 1.93 bits per heavy atom. The highest BCUT2D eigenvalue weighted by Crippen LogP contribution is 2.30. The van der Waals surface area contributed by atoms with E-state index in [0.29, 0.717) is 21.8 Å². The van der Waals surface area contributed by atoms with Crippen LogP contribution in [0.3, 0.4) is 0 Å². The third-order valence-corrected chi connectivity index (χ3v) is 5.18. The lowest BCUT2D eigenvalue weighted by Crippen LogP contribution is -2.15. The van der Waals surface area contributed by atoms with E-state index in [9.17, 15) is 18.0 Å². The molecule has 6 nitrogen and oxygen atoms in total. The van der Waals surface area contributed by atoms with Crippen LogP contribution in [-0.2, 0) is 24.6 Å². The summed E-state index contributed by atoms with van der Waals surface area (Å²) in [5, 5.41) is 11.6. The average molecular weight is 457 g/mol. The van der Waals surface area contributed by atoms with Crippen LogP contribution in [0.5, 0.6) is 5.75 Å². The number of thioether (sulfide) groups is 1. The molecule has 0 bridgehead atoms. The molecule has 3 aromatic rings. The summed E-state index contributed by atoms with van der Waals surface area (Å²) in [7, 11) is 1.73. The predicted molar refractivity (Wildman–Crippen MR) is 108 cm³/mol. The van der Waals surface area contributed by atoms with Gasteiger partial charge in [-0.3, -0.25) is 4.79 Å². The number of aromatic nitrogens is 3. The largest absolute Gasteiger partial charge is 0.486 e. The maximum absolute atomic E-state index is 12.8. The Balaban J connectivity index is 1.53. The van der Waals surface area contributed by atoms with Gasteiger partial charge in [0, 0.05) is 17.8 Å². The molecule has 0 unspecified atom stereocenters. The van der Waals surface area contributed by atoms with Crippen LogP contribution >= 0.6 is 23.4 Å². The van der Waals surface area contributed by atoms with Gasteiger partial charge < -0.3 is 14.6 Å². The number of hydrogen-bond donors (Lipinski definition) is 1. The number of carbonyl (C=O) groups is 1. The SMILES string of the molecule is Cn1c(COc2ccc(Cl)cc2)nnc1SCC(=O)Nc1cccc(C(F)(F)F)c1. The summed E-state index contributed by atoms with van der Waals surface area (Å²) in [6.07, 6.45) is -4.47. The Morgan fingerprint density at radius 3 is 2.63 bits per heavy atom. The van der Waals surface area contributed by atoms with Gasteiger partial charge in [-0.15, -0.1) is 10.2 Å². The van der Waals surface area contributed by atoms with Gasteiger partial charge in [0.15, 0.2) is 11.0 Å². The van der Waals surface area contributed by atoms with Gasteiger partial charge in [0.1, 0.15) is 12.4 Å². The Bertz CT molecular complexity index is 1030. The van der Waals surface area contributed by atoms with E-state index in [2.05, 4.69) is 15.5 Å². The summed E-state index contributed by atoms with van der Waals surface area (Å²) in [4.78, 5) is 12.1. The topological polar surface area (TPSA) is 69.0 Å². The minimum absolute atomic E-state index is 0.0414. The summed E-state index contributed by atoms with van der Waals surface area (Å²) in [5.41, 5.74) is -0.753. The summed E-state index contributed by atoms with van der Waals surface area (Å²) < 4.78 is 45.6. The molecule has 1 heterocycles. The van der Waals surface area contributed by atoms with Gasteiger partial charge in [0.05, 0.1) is 11.3 Å². The van der Waals surface area contributed by atoms with Gasteiger partial charge in [-0.25, -0.2) is 0 Å². The highest BCUT2D eigenvalue weighted by molar-refractivity contribution is 7.99. The van der Waals surface area contributed by atoms with E-state index in [-0.39, 0.29) is 18.0 Å². The molecule has 2 aromatic carbocycles.